The molecule has 102 valence electrons. The maximum absolute atomic E-state index is 4.37. The summed E-state index contributed by atoms with van der Waals surface area (Å²) in [6.45, 7) is 7.41. The maximum atomic E-state index is 4.37. The fraction of sp³-hybridized carbons (Fsp3) is 0.429. The molecule has 2 rings (SSSR count). The number of aryl methyl sites for hydroxylation is 1. The summed E-state index contributed by atoms with van der Waals surface area (Å²) in [6.07, 6.45) is 0. The highest BCUT2D eigenvalue weighted by atomic mass is 79.9. The number of hydrogen-bond acceptors (Lipinski definition) is 2. The zero-order valence-corrected chi connectivity index (χ0v) is 14.5. The van der Waals surface area contributed by atoms with Crippen LogP contribution in [-0.2, 0) is 11.9 Å². The average Bonchev–Trinajstić information content (AvgIpc) is 2.74. The van der Waals surface area contributed by atoms with Crippen molar-refractivity contribution in [2.45, 2.75) is 32.6 Å². The summed E-state index contributed by atoms with van der Waals surface area (Å²) in [4.78, 5) is 0. The molecule has 1 heterocycles. The minimum atomic E-state index is 0.552. The molecular formula is C14H17Br2N3. The van der Waals surface area contributed by atoms with Crippen molar-refractivity contribution >= 4 is 31.9 Å². The quantitative estimate of drug-likeness (QED) is 0.720. The number of halogens is 2. The van der Waals surface area contributed by atoms with Crippen molar-refractivity contribution in [2.24, 2.45) is 5.92 Å². The fourth-order valence-corrected chi connectivity index (χ4v) is 2.84. The zero-order chi connectivity index (χ0) is 14.0. The molecule has 0 saturated carbocycles. The molecule has 0 aliphatic rings. The minimum Gasteiger partial charge on any atom is -0.310 e. The first-order valence-electron chi connectivity index (χ1n) is 6.27. The number of aromatic nitrogens is 3. The highest BCUT2D eigenvalue weighted by Gasteiger charge is 2.16. The summed E-state index contributed by atoms with van der Waals surface area (Å²) in [7, 11) is 0. The Hall–Kier alpha value is -0.680. The van der Waals surface area contributed by atoms with Crippen LogP contribution in [0, 0.1) is 12.8 Å². The number of hydrogen-bond donors (Lipinski definition) is 0. The lowest BCUT2D eigenvalue weighted by molar-refractivity contribution is 0.516. The van der Waals surface area contributed by atoms with Crippen LogP contribution >= 0.6 is 31.9 Å². The molecule has 0 atom stereocenters. The van der Waals surface area contributed by atoms with Crippen molar-refractivity contribution in [1.82, 2.24) is 14.8 Å². The molecular weight excluding hydrogens is 370 g/mol. The summed E-state index contributed by atoms with van der Waals surface area (Å²) >= 11 is 7.09. The van der Waals surface area contributed by atoms with Crippen LogP contribution in [0.5, 0.6) is 0 Å². The van der Waals surface area contributed by atoms with Crippen molar-refractivity contribution in [3.05, 3.63) is 34.1 Å². The molecule has 1 aromatic heterocycles. The van der Waals surface area contributed by atoms with Crippen LogP contribution in [-0.4, -0.2) is 14.8 Å². The van der Waals surface area contributed by atoms with Gasteiger partial charge in [-0.1, -0.05) is 57.3 Å². The van der Waals surface area contributed by atoms with E-state index in [1.807, 2.05) is 0 Å². The Morgan fingerprint density at radius 2 is 2.00 bits per heavy atom. The van der Waals surface area contributed by atoms with Gasteiger partial charge in [-0.3, -0.25) is 0 Å². The molecule has 0 amide bonds. The normalized spacial score (nSPS) is 11.3. The van der Waals surface area contributed by atoms with Crippen LogP contribution in [0.15, 0.2) is 22.7 Å². The fourth-order valence-electron chi connectivity index (χ4n) is 2.00. The molecule has 0 fully saturated rings. The van der Waals surface area contributed by atoms with Gasteiger partial charge >= 0.3 is 0 Å². The van der Waals surface area contributed by atoms with Gasteiger partial charge in [-0.15, -0.1) is 10.2 Å². The highest BCUT2D eigenvalue weighted by molar-refractivity contribution is 9.10. The largest absolute Gasteiger partial charge is 0.310 e. The Balaban J connectivity index is 2.55. The monoisotopic (exact) mass is 385 g/mol. The zero-order valence-electron chi connectivity index (χ0n) is 11.3. The van der Waals surface area contributed by atoms with Crippen LogP contribution in [0.3, 0.4) is 0 Å². The second-order valence-corrected chi connectivity index (χ2v) is 6.48. The molecule has 0 bridgehead atoms. The van der Waals surface area contributed by atoms with E-state index in [0.29, 0.717) is 5.92 Å². The summed E-state index contributed by atoms with van der Waals surface area (Å²) in [5.41, 5.74) is 2.32. The summed E-state index contributed by atoms with van der Waals surface area (Å²) < 4.78 is 3.25. The smallest absolute Gasteiger partial charge is 0.165 e. The van der Waals surface area contributed by atoms with Crippen molar-refractivity contribution in [1.29, 1.82) is 0 Å². The highest BCUT2D eigenvalue weighted by Crippen LogP contribution is 2.29. The van der Waals surface area contributed by atoms with Gasteiger partial charge in [0.2, 0.25) is 0 Å². The Bertz CT molecular complexity index is 576. The summed E-state index contributed by atoms with van der Waals surface area (Å²) in [5, 5.41) is 9.36. The van der Waals surface area contributed by atoms with Gasteiger partial charge in [0.1, 0.15) is 5.82 Å². The predicted molar refractivity (Wildman–Crippen MR) is 85.4 cm³/mol. The van der Waals surface area contributed by atoms with Gasteiger partial charge in [0.05, 0.1) is 5.33 Å². The van der Waals surface area contributed by atoms with Crippen LogP contribution < -0.4 is 0 Å². The molecule has 3 nitrogen and oxygen atoms in total. The minimum absolute atomic E-state index is 0.552. The predicted octanol–water partition coefficient (Wildman–Crippen LogP) is 4.57. The van der Waals surface area contributed by atoms with Gasteiger partial charge < -0.3 is 4.57 Å². The summed E-state index contributed by atoms with van der Waals surface area (Å²) in [6, 6.07) is 6.29. The van der Waals surface area contributed by atoms with E-state index in [1.54, 1.807) is 0 Å². The molecule has 19 heavy (non-hydrogen) atoms. The van der Waals surface area contributed by atoms with E-state index in [9.17, 15) is 0 Å². The lowest BCUT2D eigenvalue weighted by Gasteiger charge is -2.13. The molecule has 0 N–H and O–H groups in total. The Morgan fingerprint density at radius 3 is 2.63 bits per heavy atom. The first-order valence-corrected chi connectivity index (χ1v) is 8.19. The first-order chi connectivity index (χ1) is 9.02. The lowest BCUT2D eigenvalue weighted by atomic mass is 10.1. The molecule has 0 spiro atoms. The van der Waals surface area contributed by atoms with E-state index >= 15 is 0 Å². The van der Waals surface area contributed by atoms with E-state index in [0.717, 1.165) is 33.6 Å². The van der Waals surface area contributed by atoms with E-state index in [4.69, 9.17) is 0 Å². The second-order valence-electron chi connectivity index (χ2n) is 5.06. The van der Waals surface area contributed by atoms with Crippen LogP contribution in [0.1, 0.15) is 25.2 Å². The third kappa shape index (κ3) is 3.26. The van der Waals surface area contributed by atoms with Crippen molar-refractivity contribution in [2.75, 3.05) is 0 Å². The van der Waals surface area contributed by atoms with Crippen LogP contribution in [0.25, 0.3) is 11.4 Å². The van der Waals surface area contributed by atoms with Crippen molar-refractivity contribution in [3.63, 3.8) is 0 Å². The summed E-state index contributed by atoms with van der Waals surface area (Å²) in [5.74, 6) is 2.45. The van der Waals surface area contributed by atoms with E-state index in [2.05, 4.69) is 85.6 Å². The molecule has 0 unspecified atom stereocenters. The number of benzene rings is 1. The van der Waals surface area contributed by atoms with Gasteiger partial charge in [-0.2, -0.15) is 0 Å². The topological polar surface area (TPSA) is 30.7 Å². The Labute approximate surface area is 130 Å². The Kier molecular flexibility index (Phi) is 4.79. The first kappa shape index (κ1) is 14.7. The van der Waals surface area contributed by atoms with Gasteiger partial charge in [-0.05, 0) is 25.0 Å². The number of alkyl halides is 1. The third-order valence-electron chi connectivity index (χ3n) is 2.86. The molecule has 2 aromatic rings. The van der Waals surface area contributed by atoms with Gasteiger partial charge in [-0.25, -0.2) is 0 Å². The molecule has 1 aromatic carbocycles. The van der Waals surface area contributed by atoms with Crippen molar-refractivity contribution in [3.8, 4) is 11.4 Å². The van der Waals surface area contributed by atoms with E-state index in [1.165, 1.54) is 5.56 Å². The van der Waals surface area contributed by atoms with Gasteiger partial charge in [0.15, 0.2) is 5.82 Å². The standard InChI is InChI=1S/C14H17Br2N3/c1-9(2)8-19-13(7-15)17-18-14(19)11-6-10(3)4-5-12(11)16/h4-6,9H,7-8H2,1-3H3. The van der Waals surface area contributed by atoms with Crippen LogP contribution in [0.2, 0.25) is 0 Å². The van der Waals surface area contributed by atoms with Gasteiger partial charge in [0, 0.05) is 16.6 Å². The molecule has 0 radical (unpaired) electrons. The van der Waals surface area contributed by atoms with Crippen molar-refractivity contribution < 1.29 is 0 Å². The average molecular weight is 387 g/mol. The van der Waals surface area contributed by atoms with E-state index in [-0.39, 0.29) is 0 Å². The molecule has 5 heteroatoms. The Morgan fingerprint density at radius 1 is 1.26 bits per heavy atom. The van der Waals surface area contributed by atoms with Crippen LogP contribution in [0.4, 0.5) is 0 Å². The maximum Gasteiger partial charge on any atom is 0.165 e. The molecule has 0 aliphatic heterocycles. The van der Waals surface area contributed by atoms with E-state index < -0.39 is 0 Å². The lowest BCUT2D eigenvalue weighted by Crippen LogP contribution is -2.09. The number of nitrogens with zero attached hydrogens (tertiary/aromatic N) is 3. The number of rotatable bonds is 4. The van der Waals surface area contributed by atoms with Gasteiger partial charge in [0.25, 0.3) is 0 Å². The third-order valence-corrected chi connectivity index (χ3v) is 4.05. The SMILES string of the molecule is Cc1ccc(Br)c(-c2nnc(CBr)n2CC(C)C)c1. The second kappa shape index (κ2) is 6.18. The molecule has 0 aliphatic carbocycles. The molecule has 0 saturated heterocycles.